The summed E-state index contributed by atoms with van der Waals surface area (Å²) in [5.41, 5.74) is 0.798. The van der Waals surface area contributed by atoms with Gasteiger partial charge in [-0.15, -0.1) is 0 Å². The van der Waals surface area contributed by atoms with Gasteiger partial charge in [-0.3, -0.25) is 4.72 Å². The van der Waals surface area contributed by atoms with Gasteiger partial charge in [0.2, 0.25) is 0 Å². The lowest BCUT2D eigenvalue weighted by molar-refractivity contribution is 0.601. The van der Waals surface area contributed by atoms with Crippen molar-refractivity contribution >= 4 is 43.2 Å². The monoisotopic (exact) mass is 377 g/mol. The first kappa shape index (κ1) is 15.3. The number of hydrogen-bond acceptors (Lipinski definition) is 2. The molecule has 0 aliphatic heterocycles. The van der Waals surface area contributed by atoms with Gasteiger partial charge in [0, 0.05) is 4.47 Å². The Morgan fingerprint density at radius 2 is 1.90 bits per heavy atom. The summed E-state index contributed by atoms with van der Waals surface area (Å²) < 4.78 is 40.7. The second-order valence-corrected chi connectivity index (χ2v) is 7.11. The standard InChI is InChI=1S/C13H10BrClFNO2S/c1-8-2-4-10(16)7-12(8)17-20(18,19)13-5-3-9(14)6-11(13)15/h2-7,17H,1H3. The van der Waals surface area contributed by atoms with E-state index in [-0.39, 0.29) is 15.6 Å². The van der Waals surface area contributed by atoms with Crippen molar-refractivity contribution in [3.63, 3.8) is 0 Å². The number of aryl methyl sites for hydroxylation is 1. The maximum atomic E-state index is 13.2. The van der Waals surface area contributed by atoms with E-state index in [1.165, 1.54) is 24.3 Å². The Kier molecular flexibility index (Phi) is 4.36. The molecule has 0 aliphatic rings. The summed E-state index contributed by atoms with van der Waals surface area (Å²) in [6.07, 6.45) is 0. The van der Waals surface area contributed by atoms with Crippen molar-refractivity contribution in [2.24, 2.45) is 0 Å². The predicted octanol–water partition coefficient (Wildman–Crippen LogP) is 4.35. The van der Waals surface area contributed by atoms with E-state index in [1.807, 2.05) is 0 Å². The molecule has 2 aromatic carbocycles. The van der Waals surface area contributed by atoms with E-state index >= 15 is 0 Å². The van der Waals surface area contributed by atoms with Crippen molar-refractivity contribution in [2.75, 3.05) is 4.72 Å². The molecule has 0 atom stereocenters. The molecule has 1 N–H and O–H groups in total. The number of rotatable bonds is 3. The Morgan fingerprint density at radius 3 is 2.55 bits per heavy atom. The van der Waals surface area contributed by atoms with E-state index in [2.05, 4.69) is 20.7 Å². The lowest BCUT2D eigenvalue weighted by atomic mass is 10.2. The molecular weight excluding hydrogens is 369 g/mol. The fourth-order valence-electron chi connectivity index (χ4n) is 1.60. The summed E-state index contributed by atoms with van der Waals surface area (Å²) in [5.74, 6) is -0.518. The van der Waals surface area contributed by atoms with Gasteiger partial charge in [-0.2, -0.15) is 0 Å². The molecular formula is C13H10BrClFNO2S. The van der Waals surface area contributed by atoms with Crippen LogP contribution >= 0.6 is 27.5 Å². The largest absolute Gasteiger partial charge is 0.279 e. The van der Waals surface area contributed by atoms with Gasteiger partial charge in [-0.05, 0) is 42.8 Å². The second-order valence-electron chi connectivity index (χ2n) is 4.14. The lowest BCUT2D eigenvalue weighted by Gasteiger charge is -2.12. The Bertz CT molecular complexity index is 765. The van der Waals surface area contributed by atoms with Crippen LogP contribution in [-0.2, 0) is 10.0 Å². The molecule has 3 nitrogen and oxygen atoms in total. The van der Waals surface area contributed by atoms with Crippen molar-refractivity contribution in [3.05, 3.63) is 57.3 Å². The molecule has 0 radical (unpaired) electrons. The summed E-state index contributed by atoms with van der Waals surface area (Å²) in [7, 11) is -3.87. The van der Waals surface area contributed by atoms with E-state index in [9.17, 15) is 12.8 Å². The van der Waals surface area contributed by atoms with Crippen LogP contribution in [0.15, 0.2) is 45.8 Å². The molecule has 0 amide bonds. The summed E-state index contributed by atoms with van der Waals surface area (Å²) in [6, 6.07) is 8.31. The zero-order valence-corrected chi connectivity index (χ0v) is 13.5. The summed E-state index contributed by atoms with van der Waals surface area (Å²) in [6.45, 7) is 1.68. The van der Waals surface area contributed by atoms with Crippen LogP contribution in [-0.4, -0.2) is 8.42 Å². The number of nitrogens with one attached hydrogen (secondary N) is 1. The fourth-order valence-corrected chi connectivity index (χ4v) is 3.76. The van der Waals surface area contributed by atoms with Gasteiger partial charge in [0.15, 0.2) is 0 Å². The zero-order valence-electron chi connectivity index (χ0n) is 10.3. The molecule has 0 unspecified atom stereocenters. The van der Waals surface area contributed by atoms with Crippen LogP contribution in [0.25, 0.3) is 0 Å². The van der Waals surface area contributed by atoms with E-state index in [0.717, 1.165) is 6.07 Å². The maximum absolute atomic E-state index is 13.2. The van der Waals surface area contributed by atoms with Crippen LogP contribution in [0.2, 0.25) is 5.02 Å². The highest BCUT2D eigenvalue weighted by Gasteiger charge is 2.19. The quantitative estimate of drug-likeness (QED) is 0.863. The van der Waals surface area contributed by atoms with Gasteiger partial charge in [0.05, 0.1) is 10.7 Å². The van der Waals surface area contributed by atoms with Crippen molar-refractivity contribution in [2.45, 2.75) is 11.8 Å². The average molecular weight is 379 g/mol. The predicted molar refractivity (Wildman–Crippen MR) is 81.1 cm³/mol. The van der Waals surface area contributed by atoms with Crippen LogP contribution < -0.4 is 4.72 Å². The number of halogens is 3. The van der Waals surface area contributed by atoms with Crippen LogP contribution in [0.4, 0.5) is 10.1 Å². The molecule has 7 heteroatoms. The first-order valence-electron chi connectivity index (χ1n) is 5.53. The average Bonchev–Trinajstić information content (AvgIpc) is 2.33. The number of benzene rings is 2. The maximum Gasteiger partial charge on any atom is 0.263 e. The van der Waals surface area contributed by atoms with E-state index < -0.39 is 15.8 Å². The van der Waals surface area contributed by atoms with Gasteiger partial charge in [0.1, 0.15) is 10.7 Å². The van der Waals surface area contributed by atoms with Gasteiger partial charge in [0.25, 0.3) is 10.0 Å². The number of anilines is 1. The van der Waals surface area contributed by atoms with Crippen molar-refractivity contribution in [1.29, 1.82) is 0 Å². The second kappa shape index (κ2) is 5.71. The van der Waals surface area contributed by atoms with Gasteiger partial charge < -0.3 is 0 Å². The number of hydrogen-bond donors (Lipinski definition) is 1. The summed E-state index contributed by atoms with van der Waals surface area (Å²) in [5, 5.41) is 0.0842. The molecule has 106 valence electrons. The van der Waals surface area contributed by atoms with Gasteiger partial charge in [-0.25, -0.2) is 12.8 Å². The molecule has 0 saturated heterocycles. The number of sulfonamides is 1. The highest BCUT2D eigenvalue weighted by molar-refractivity contribution is 9.10. The third kappa shape index (κ3) is 3.31. The van der Waals surface area contributed by atoms with Crippen LogP contribution in [0.1, 0.15) is 5.56 Å². The molecule has 0 bridgehead atoms. The zero-order chi connectivity index (χ0) is 14.9. The van der Waals surface area contributed by atoms with Crippen molar-refractivity contribution < 1.29 is 12.8 Å². The summed E-state index contributed by atoms with van der Waals surface area (Å²) in [4.78, 5) is -0.0639. The normalized spacial score (nSPS) is 11.4. The van der Waals surface area contributed by atoms with E-state index in [0.29, 0.717) is 10.0 Å². The van der Waals surface area contributed by atoms with Crippen molar-refractivity contribution in [1.82, 2.24) is 0 Å². The highest BCUT2D eigenvalue weighted by Crippen LogP contribution is 2.28. The van der Waals surface area contributed by atoms with Crippen molar-refractivity contribution in [3.8, 4) is 0 Å². The molecule has 0 aliphatic carbocycles. The molecule has 0 aromatic heterocycles. The molecule has 0 spiro atoms. The topological polar surface area (TPSA) is 46.2 Å². The molecule has 0 saturated carbocycles. The third-order valence-electron chi connectivity index (χ3n) is 2.63. The fraction of sp³-hybridized carbons (Fsp3) is 0.0769. The third-order valence-corrected chi connectivity index (χ3v) is 4.97. The Balaban J connectivity index is 2.43. The molecule has 0 fully saturated rings. The smallest absolute Gasteiger partial charge is 0.263 e. The minimum Gasteiger partial charge on any atom is -0.279 e. The van der Waals surface area contributed by atoms with Crippen LogP contribution in [0.3, 0.4) is 0 Å². The lowest BCUT2D eigenvalue weighted by Crippen LogP contribution is -2.14. The molecule has 2 aromatic rings. The Morgan fingerprint density at radius 1 is 1.20 bits per heavy atom. The van der Waals surface area contributed by atoms with Gasteiger partial charge >= 0.3 is 0 Å². The molecule has 0 heterocycles. The SMILES string of the molecule is Cc1ccc(F)cc1NS(=O)(=O)c1ccc(Br)cc1Cl. The Labute approximate surface area is 130 Å². The van der Waals surface area contributed by atoms with Gasteiger partial charge in [-0.1, -0.05) is 33.6 Å². The van der Waals surface area contributed by atoms with E-state index in [1.54, 1.807) is 13.0 Å². The first-order chi connectivity index (χ1) is 9.29. The minimum atomic E-state index is -3.87. The minimum absolute atomic E-state index is 0.0639. The summed E-state index contributed by atoms with van der Waals surface area (Å²) >= 11 is 9.13. The van der Waals surface area contributed by atoms with Crippen LogP contribution in [0, 0.1) is 12.7 Å². The first-order valence-corrected chi connectivity index (χ1v) is 8.19. The molecule has 20 heavy (non-hydrogen) atoms. The van der Waals surface area contributed by atoms with Crippen LogP contribution in [0.5, 0.6) is 0 Å². The van der Waals surface area contributed by atoms with E-state index in [4.69, 9.17) is 11.6 Å². The highest BCUT2D eigenvalue weighted by atomic mass is 79.9. The molecule has 2 rings (SSSR count). The Hall–Kier alpha value is -1.11.